The predicted octanol–water partition coefficient (Wildman–Crippen LogP) is -2.05. The van der Waals surface area contributed by atoms with Crippen molar-refractivity contribution in [3.63, 3.8) is 0 Å². The van der Waals surface area contributed by atoms with E-state index in [1.165, 1.54) is 0 Å². The second-order valence-electron chi connectivity index (χ2n) is 1.44. The average molecular weight is 270 g/mol. The third kappa shape index (κ3) is 7.98. The normalized spacial score (nSPS) is 13.6. The molecule has 0 aliphatic carbocycles. The van der Waals surface area contributed by atoms with Crippen LogP contribution in [0.1, 0.15) is 0 Å². The Balaban J connectivity index is 3.39. The number of aliphatic imine (C=N–C) groups is 2. The molecular formula is C4H8N4Se2. The van der Waals surface area contributed by atoms with Gasteiger partial charge in [0.2, 0.25) is 0 Å². The molecule has 0 rings (SSSR count). The van der Waals surface area contributed by atoms with Crippen molar-refractivity contribution in [1.82, 2.24) is 0 Å². The van der Waals surface area contributed by atoms with E-state index in [4.69, 9.17) is 11.5 Å². The van der Waals surface area contributed by atoms with Crippen LogP contribution >= 0.6 is 0 Å². The molecular weight excluding hydrogens is 262 g/mol. The van der Waals surface area contributed by atoms with Gasteiger partial charge in [0.05, 0.1) is 0 Å². The van der Waals surface area contributed by atoms with Gasteiger partial charge in [0, 0.05) is 0 Å². The standard InChI is InChI=1S/C4H8N4Se2/c5-3(9)7-1-2-8-4(6)10/h1-2H2,(H2,5,7)(H2,6,8). The van der Waals surface area contributed by atoms with Crippen molar-refractivity contribution in [1.29, 1.82) is 0 Å². The van der Waals surface area contributed by atoms with Crippen LogP contribution in [0.3, 0.4) is 0 Å². The summed E-state index contributed by atoms with van der Waals surface area (Å²) in [6.45, 7) is 1.14. The van der Waals surface area contributed by atoms with E-state index < -0.39 is 0 Å². The molecule has 0 aromatic carbocycles. The fraction of sp³-hybridized carbons (Fsp3) is 0.500. The Morgan fingerprint density at radius 3 is 1.50 bits per heavy atom. The SMILES string of the molecule is NC([Se])=NCCN=C(N)[Se]. The van der Waals surface area contributed by atoms with E-state index in [0.29, 0.717) is 22.6 Å². The summed E-state index contributed by atoms with van der Waals surface area (Å²) in [6, 6.07) is 0. The summed E-state index contributed by atoms with van der Waals surface area (Å²) < 4.78 is 0.905. The summed E-state index contributed by atoms with van der Waals surface area (Å²) in [5, 5.41) is 0. The van der Waals surface area contributed by atoms with Crippen LogP contribution < -0.4 is 11.5 Å². The van der Waals surface area contributed by atoms with Crippen LogP contribution in [0, 0.1) is 0 Å². The average Bonchev–Trinajstić information content (AvgIpc) is 1.79. The van der Waals surface area contributed by atoms with Crippen LogP contribution in [0.25, 0.3) is 0 Å². The first kappa shape index (κ1) is 9.98. The van der Waals surface area contributed by atoms with E-state index in [1.54, 1.807) is 0 Å². The summed E-state index contributed by atoms with van der Waals surface area (Å²) >= 11 is 5.14. The Bertz CT molecular complexity index is 127. The van der Waals surface area contributed by atoms with Gasteiger partial charge in [-0.05, 0) is 0 Å². The van der Waals surface area contributed by atoms with Crippen LogP contribution in [-0.4, -0.2) is 54.6 Å². The topological polar surface area (TPSA) is 76.8 Å². The van der Waals surface area contributed by atoms with Gasteiger partial charge in [-0.1, -0.05) is 0 Å². The zero-order chi connectivity index (χ0) is 7.98. The van der Waals surface area contributed by atoms with Gasteiger partial charge in [-0.2, -0.15) is 0 Å². The van der Waals surface area contributed by atoms with Gasteiger partial charge >= 0.3 is 76.0 Å². The Hall–Kier alpha value is -0.0210. The van der Waals surface area contributed by atoms with Gasteiger partial charge in [-0.15, -0.1) is 0 Å². The first-order valence-electron chi connectivity index (χ1n) is 2.57. The van der Waals surface area contributed by atoms with Crippen molar-refractivity contribution < 1.29 is 0 Å². The summed E-state index contributed by atoms with van der Waals surface area (Å²) in [4.78, 5) is 7.72. The molecule has 6 heteroatoms. The van der Waals surface area contributed by atoms with Crippen molar-refractivity contribution in [3.8, 4) is 0 Å². The molecule has 0 saturated carbocycles. The minimum absolute atomic E-state index is 0.453. The molecule has 56 valence electrons. The van der Waals surface area contributed by atoms with Crippen molar-refractivity contribution in [2.24, 2.45) is 21.5 Å². The first-order chi connectivity index (χ1) is 4.63. The van der Waals surface area contributed by atoms with E-state index in [1.807, 2.05) is 0 Å². The van der Waals surface area contributed by atoms with Gasteiger partial charge in [-0.3, -0.25) is 0 Å². The van der Waals surface area contributed by atoms with Gasteiger partial charge in [-0.25, -0.2) is 0 Å². The van der Waals surface area contributed by atoms with Crippen molar-refractivity contribution >= 4 is 41.5 Å². The minimum atomic E-state index is 0.453. The van der Waals surface area contributed by atoms with Gasteiger partial charge in [0.1, 0.15) is 0 Å². The summed E-state index contributed by atoms with van der Waals surface area (Å²) in [6.07, 6.45) is 0. The third-order valence-electron chi connectivity index (χ3n) is 0.635. The Labute approximate surface area is 76.2 Å². The van der Waals surface area contributed by atoms with Gasteiger partial charge < -0.3 is 0 Å². The second kappa shape index (κ2) is 5.74. The number of amidine groups is 2. The van der Waals surface area contributed by atoms with Crippen LogP contribution in [-0.2, 0) is 0 Å². The third-order valence-corrected chi connectivity index (χ3v) is 1.18. The van der Waals surface area contributed by atoms with E-state index in [-0.39, 0.29) is 0 Å². The van der Waals surface area contributed by atoms with E-state index in [0.717, 1.165) is 0 Å². The molecule has 0 aromatic rings. The summed E-state index contributed by atoms with van der Waals surface area (Å²) in [7, 11) is 0. The fourth-order valence-electron chi connectivity index (χ4n) is 0.320. The van der Waals surface area contributed by atoms with E-state index >= 15 is 0 Å². The summed E-state index contributed by atoms with van der Waals surface area (Å²) in [5.74, 6) is 0. The monoisotopic (exact) mass is 272 g/mol. The quantitative estimate of drug-likeness (QED) is 0.268. The molecule has 4 N–H and O–H groups in total. The molecule has 0 aromatic heterocycles. The van der Waals surface area contributed by atoms with Crippen LogP contribution in [0.2, 0.25) is 0 Å². The zero-order valence-corrected chi connectivity index (χ0v) is 8.71. The van der Waals surface area contributed by atoms with Crippen LogP contribution in [0.4, 0.5) is 0 Å². The predicted molar refractivity (Wildman–Crippen MR) is 44.5 cm³/mol. The number of nitrogens with zero attached hydrogens (tertiary/aromatic N) is 2. The molecule has 0 fully saturated rings. The zero-order valence-electron chi connectivity index (χ0n) is 5.28. The molecule has 10 heavy (non-hydrogen) atoms. The molecule has 0 atom stereocenters. The number of hydrogen-bond donors (Lipinski definition) is 2. The Morgan fingerprint density at radius 2 is 1.30 bits per heavy atom. The molecule has 0 spiro atoms. The second-order valence-corrected chi connectivity index (χ2v) is 3.20. The van der Waals surface area contributed by atoms with Gasteiger partial charge in [0.25, 0.3) is 0 Å². The summed E-state index contributed by atoms with van der Waals surface area (Å²) in [5.41, 5.74) is 10.4. The number of hydrogen-bond acceptors (Lipinski definition) is 2. The maximum absolute atomic E-state index is 5.22. The van der Waals surface area contributed by atoms with E-state index in [9.17, 15) is 0 Å². The Kier molecular flexibility index (Phi) is 5.73. The molecule has 0 bridgehead atoms. The van der Waals surface area contributed by atoms with Gasteiger partial charge in [0.15, 0.2) is 0 Å². The van der Waals surface area contributed by atoms with Crippen molar-refractivity contribution in [2.45, 2.75) is 0 Å². The molecule has 0 aliphatic heterocycles. The Morgan fingerprint density at radius 1 is 1.00 bits per heavy atom. The van der Waals surface area contributed by atoms with Crippen molar-refractivity contribution in [2.75, 3.05) is 13.1 Å². The van der Waals surface area contributed by atoms with E-state index in [2.05, 4.69) is 42.0 Å². The first-order valence-corrected chi connectivity index (χ1v) is 4.28. The molecule has 0 aliphatic rings. The van der Waals surface area contributed by atoms with Crippen LogP contribution in [0.15, 0.2) is 9.98 Å². The maximum atomic E-state index is 5.22. The van der Waals surface area contributed by atoms with Crippen LogP contribution in [0.5, 0.6) is 0 Å². The molecule has 0 amide bonds. The number of rotatable bonds is 3. The molecule has 4 nitrogen and oxygen atoms in total. The molecule has 0 unspecified atom stereocenters. The molecule has 2 radical (unpaired) electrons. The van der Waals surface area contributed by atoms with Crippen molar-refractivity contribution in [3.05, 3.63) is 0 Å². The number of nitrogens with two attached hydrogens (primary N) is 2. The molecule has 0 heterocycles. The molecule has 0 saturated heterocycles. The fourth-order valence-corrected chi connectivity index (χ4v) is 0.703.